The lowest BCUT2D eigenvalue weighted by molar-refractivity contribution is -0.116. The first-order valence-electron chi connectivity index (χ1n) is 10.0. The van der Waals surface area contributed by atoms with Crippen LogP contribution in [0.2, 0.25) is 0 Å². The Morgan fingerprint density at radius 3 is 2.37 bits per heavy atom. The van der Waals surface area contributed by atoms with Gasteiger partial charge in [-0.15, -0.1) is 0 Å². The van der Waals surface area contributed by atoms with Crippen LogP contribution in [0.1, 0.15) is 78.8 Å². The highest BCUT2D eigenvalue weighted by molar-refractivity contribution is 5.93. The molecule has 144 valence electrons. The van der Waals surface area contributed by atoms with E-state index >= 15 is 0 Å². The van der Waals surface area contributed by atoms with E-state index in [0.717, 1.165) is 34.5 Å². The van der Waals surface area contributed by atoms with E-state index in [1.807, 2.05) is 6.92 Å². The van der Waals surface area contributed by atoms with Gasteiger partial charge in [0.15, 0.2) is 0 Å². The summed E-state index contributed by atoms with van der Waals surface area (Å²) in [5.74, 6) is 1.82. The summed E-state index contributed by atoms with van der Waals surface area (Å²) < 4.78 is 6.13. The van der Waals surface area contributed by atoms with Crippen LogP contribution in [-0.4, -0.2) is 12.5 Å². The summed E-state index contributed by atoms with van der Waals surface area (Å²) in [6.07, 6.45) is 1.40. The molecule has 0 radical (unpaired) electrons. The molecule has 1 N–H and O–H groups in total. The molecule has 0 aromatic heterocycles. The van der Waals surface area contributed by atoms with Crippen molar-refractivity contribution >= 4 is 11.6 Å². The first-order chi connectivity index (χ1) is 12.8. The van der Waals surface area contributed by atoms with Crippen LogP contribution >= 0.6 is 0 Å². The predicted molar refractivity (Wildman–Crippen MR) is 112 cm³/mol. The summed E-state index contributed by atoms with van der Waals surface area (Å²) in [7, 11) is 0. The molecule has 0 saturated carbocycles. The second-order valence-electron chi connectivity index (χ2n) is 7.98. The minimum absolute atomic E-state index is 0.0831. The Morgan fingerprint density at radius 1 is 1.11 bits per heavy atom. The van der Waals surface area contributed by atoms with Crippen LogP contribution in [0.4, 0.5) is 5.69 Å². The number of anilines is 1. The number of fused-ring (bicyclic) bond motifs is 1. The van der Waals surface area contributed by atoms with Crippen LogP contribution in [0.25, 0.3) is 0 Å². The first kappa shape index (κ1) is 19.5. The lowest BCUT2D eigenvalue weighted by atomic mass is 9.85. The number of benzene rings is 2. The molecule has 27 heavy (non-hydrogen) atoms. The number of nitrogens with one attached hydrogen (secondary N) is 1. The van der Waals surface area contributed by atoms with Gasteiger partial charge in [-0.3, -0.25) is 4.79 Å². The Morgan fingerprint density at radius 2 is 1.78 bits per heavy atom. The standard InChI is InChI=1S/C24H31NO2/c1-7-8-21(26)25-23-15(4)16(5)24-22(17(23)6)20(13-27-24)19-11-9-18(10-12-19)14(2)3/h9-12,14,20H,7-8,13H2,1-6H3,(H,25,26). The number of hydrogen-bond acceptors (Lipinski definition) is 2. The van der Waals surface area contributed by atoms with Crippen molar-refractivity contribution in [2.24, 2.45) is 0 Å². The third kappa shape index (κ3) is 3.60. The Hall–Kier alpha value is -2.29. The second kappa shape index (κ2) is 7.75. The highest BCUT2D eigenvalue weighted by atomic mass is 16.5. The number of ether oxygens (including phenoxy) is 1. The first-order valence-corrected chi connectivity index (χ1v) is 10.0. The number of hydrogen-bond donors (Lipinski definition) is 1. The summed E-state index contributed by atoms with van der Waals surface area (Å²) >= 11 is 0. The van der Waals surface area contributed by atoms with Crippen molar-refractivity contribution in [1.29, 1.82) is 0 Å². The van der Waals surface area contributed by atoms with E-state index in [2.05, 4.69) is 64.2 Å². The molecule has 1 unspecified atom stereocenters. The van der Waals surface area contributed by atoms with Crippen LogP contribution in [0.3, 0.4) is 0 Å². The van der Waals surface area contributed by atoms with Crippen LogP contribution in [0.15, 0.2) is 24.3 Å². The number of carbonyl (C=O) groups excluding carboxylic acids is 1. The molecule has 3 nitrogen and oxygen atoms in total. The van der Waals surface area contributed by atoms with E-state index in [4.69, 9.17) is 4.74 Å². The summed E-state index contributed by atoms with van der Waals surface area (Å²) in [6, 6.07) is 8.89. The predicted octanol–water partition coefficient (Wildman–Crippen LogP) is 6.00. The van der Waals surface area contributed by atoms with Crippen molar-refractivity contribution in [2.75, 3.05) is 11.9 Å². The number of amides is 1. The van der Waals surface area contributed by atoms with Gasteiger partial charge in [0.25, 0.3) is 0 Å². The lowest BCUT2D eigenvalue weighted by Crippen LogP contribution is -2.14. The van der Waals surface area contributed by atoms with Gasteiger partial charge in [-0.2, -0.15) is 0 Å². The van der Waals surface area contributed by atoms with E-state index in [1.54, 1.807) is 0 Å². The summed E-state index contributed by atoms with van der Waals surface area (Å²) in [5, 5.41) is 3.15. The fraction of sp³-hybridized carbons (Fsp3) is 0.458. The van der Waals surface area contributed by atoms with Crippen molar-refractivity contribution < 1.29 is 9.53 Å². The van der Waals surface area contributed by atoms with E-state index in [-0.39, 0.29) is 11.8 Å². The van der Waals surface area contributed by atoms with Crippen LogP contribution < -0.4 is 10.1 Å². The zero-order valence-electron chi connectivity index (χ0n) is 17.4. The molecule has 2 aromatic rings. The smallest absolute Gasteiger partial charge is 0.224 e. The molecular formula is C24H31NO2. The SMILES string of the molecule is CCCC(=O)Nc1c(C)c(C)c2c(c1C)C(c1ccc(C(C)C)cc1)CO2. The monoisotopic (exact) mass is 365 g/mol. The third-order valence-corrected chi connectivity index (χ3v) is 5.79. The van der Waals surface area contributed by atoms with Crippen molar-refractivity contribution in [3.63, 3.8) is 0 Å². The van der Waals surface area contributed by atoms with Crippen LogP contribution in [0, 0.1) is 20.8 Å². The van der Waals surface area contributed by atoms with Gasteiger partial charge < -0.3 is 10.1 Å². The third-order valence-electron chi connectivity index (χ3n) is 5.79. The Balaban J connectivity index is 2.04. The molecule has 2 aromatic carbocycles. The topological polar surface area (TPSA) is 38.3 Å². The summed E-state index contributed by atoms with van der Waals surface area (Å²) in [4.78, 5) is 12.2. The Bertz CT molecular complexity index is 850. The number of rotatable bonds is 5. The molecule has 1 atom stereocenters. The fourth-order valence-electron chi connectivity index (χ4n) is 3.99. The molecule has 0 aliphatic carbocycles. The minimum atomic E-state index is 0.0831. The Kier molecular flexibility index (Phi) is 5.59. The molecule has 1 aliphatic heterocycles. The zero-order valence-corrected chi connectivity index (χ0v) is 17.4. The maximum Gasteiger partial charge on any atom is 0.224 e. The van der Waals surface area contributed by atoms with E-state index in [9.17, 15) is 4.79 Å². The minimum Gasteiger partial charge on any atom is -0.492 e. The molecule has 0 bridgehead atoms. The van der Waals surface area contributed by atoms with Crippen molar-refractivity contribution in [1.82, 2.24) is 0 Å². The van der Waals surface area contributed by atoms with E-state index < -0.39 is 0 Å². The van der Waals surface area contributed by atoms with Gasteiger partial charge in [-0.05, 0) is 60.9 Å². The molecule has 0 spiro atoms. The van der Waals surface area contributed by atoms with Gasteiger partial charge in [-0.25, -0.2) is 0 Å². The molecule has 0 saturated heterocycles. The van der Waals surface area contributed by atoms with Gasteiger partial charge in [0.05, 0.1) is 6.61 Å². The van der Waals surface area contributed by atoms with Crippen molar-refractivity contribution in [3.05, 3.63) is 57.6 Å². The quantitative estimate of drug-likeness (QED) is 0.706. The summed E-state index contributed by atoms with van der Waals surface area (Å²) in [6.45, 7) is 13.4. The molecular weight excluding hydrogens is 334 g/mol. The molecule has 1 amide bonds. The fourth-order valence-corrected chi connectivity index (χ4v) is 3.99. The molecule has 1 aliphatic rings. The molecule has 0 fully saturated rings. The van der Waals surface area contributed by atoms with Crippen molar-refractivity contribution in [3.8, 4) is 5.75 Å². The summed E-state index contributed by atoms with van der Waals surface area (Å²) in [5.41, 5.74) is 8.17. The van der Waals surface area contributed by atoms with Gasteiger partial charge in [0.1, 0.15) is 5.75 Å². The van der Waals surface area contributed by atoms with Crippen LogP contribution in [-0.2, 0) is 4.79 Å². The largest absolute Gasteiger partial charge is 0.492 e. The van der Waals surface area contributed by atoms with Crippen molar-refractivity contribution in [2.45, 2.75) is 66.2 Å². The van der Waals surface area contributed by atoms with Gasteiger partial charge in [0, 0.05) is 23.6 Å². The highest BCUT2D eigenvalue weighted by Gasteiger charge is 2.32. The average Bonchev–Trinajstić information content (AvgIpc) is 3.09. The average molecular weight is 366 g/mol. The normalized spacial score (nSPS) is 15.6. The van der Waals surface area contributed by atoms with Gasteiger partial charge in [0.2, 0.25) is 5.91 Å². The number of carbonyl (C=O) groups is 1. The Labute approximate surface area is 163 Å². The molecule has 3 heteroatoms. The maximum atomic E-state index is 12.2. The van der Waals surface area contributed by atoms with E-state index in [0.29, 0.717) is 18.9 Å². The molecule has 1 heterocycles. The van der Waals surface area contributed by atoms with Gasteiger partial charge >= 0.3 is 0 Å². The highest BCUT2D eigenvalue weighted by Crippen LogP contribution is 2.46. The lowest BCUT2D eigenvalue weighted by Gasteiger charge is -2.20. The zero-order chi connectivity index (χ0) is 19.7. The van der Waals surface area contributed by atoms with Crippen LogP contribution in [0.5, 0.6) is 5.75 Å². The maximum absolute atomic E-state index is 12.2. The van der Waals surface area contributed by atoms with Gasteiger partial charge in [-0.1, -0.05) is 45.0 Å². The second-order valence-corrected chi connectivity index (χ2v) is 7.98. The van der Waals surface area contributed by atoms with E-state index in [1.165, 1.54) is 16.7 Å². The molecule has 3 rings (SSSR count).